The first-order valence-corrected chi connectivity index (χ1v) is 8.48. The molecule has 0 unspecified atom stereocenters. The van der Waals surface area contributed by atoms with Gasteiger partial charge in [0.1, 0.15) is 11.5 Å². The van der Waals surface area contributed by atoms with Crippen molar-refractivity contribution in [3.05, 3.63) is 54.6 Å². The van der Waals surface area contributed by atoms with E-state index in [9.17, 15) is 4.79 Å². The Bertz CT molecular complexity index is 596. The molecular weight excluding hydrogens is 302 g/mol. The topological polar surface area (TPSA) is 47.6 Å². The number of rotatable bonds is 10. The van der Waals surface area contributed by atoms with Gasteiger partial charge in [-0.05, 0) is 49.2 Å². The lowest BCUT2D eigenvalue weighted by Gasteiger charge is -2.08. The van der Waals surface area contributed by atoms with Crippen molar-refractivity contribution >= 4 is 11.6 Å². The molecule has 4 heteroatoms. The molecule has 0 aliphatic rings. The summed E-state index contributed by atoms with van der Waals surface area (Å²) in [5, 5.41) is 2.89. The first-order valence-electron chi connectivity index (χ1n) is 8.48. The van der Waals surface area contributed by atoms with E-state index in [1.54, 1.807) is 0 Å². The van der Waals surface area contributed by atoms with Crippen LogP contribution in [0.2, 0.25) is 0 Å². The average Bonchev–Trinajstić information content (AvgIpc) is 2.61. The highest BCUT2D eigenvalue weighted by Crippen LogP contribution is 2.16. The van der Waals surface area contributed by atoms with Crippen LogP contribution in [0.5, 0.6) is 11.5 Å². The van der Waals surface area contributed by atoms with Crippen LogP contribution in [-0.2, 0) is 4.79 Å². The number of anilines is 1. The van der Waals surface area contributed by atoms with Crippen molar-refractivity contribution in [2.75, 3.05) is 18.5 Å². The fourth-order valence-electron chi connectivity index (χ4n) is 2.13. The molecular formula is C20H25NO3. The molecule has 0 fully saturated rings. The summed E-state index contributed by atoms with van der Waals surface area (Å²) in [7, 11) is 0. The predicted molar refractivity (Wildman–Crippen MR) is 96.6 cm³/mol. The number of hydrogen-bond donors (Lipinski definition) is 1. The summed E-state index contributed by atoms with van der Waals surface area (Å²) in [4.78, 5) is 11.9. The van der Waals surface area contributed by atoms with Gasteiger partial charge in [-0.2, -0.15) is 0 Å². The molecule has 128 valence electrons. The first-order chi connectivity index (χ1) is 11.8. The molecule has 1 amide bonds. The third-order valence-corrected chi connectivity index (χ3v) is 3.46. The Morgan fingerprint density at radius 3 is 2.17 bits per heavy atom. The van der Waals surface area contributed by atoms with Gasteiger partial charge >= 0.3 is 0 Å². The summed E-state index contributed by atoms with van der Waals surface area (Å²) >= 11 is 0. The standard InChI is InChI=1S/C20H25NO3/c1-2-3-15-23-19-13-11-17(12-14-19)21-20(22)10-7-16-24-18-8-5-4-6-9-18/h4-6,8-9,11-14H,2-3,7,10,15-16H2,1H3,(H,21,22). The van der Waals surface area contributed by atoms with Gasteiger partial charge in [-0.1, -0.05) is 31.5 Å². The van der Waals surface area contributed by atoms with Gasteiger partial charge in [-0.15, -0.1) is 0 Å². The van der Waals surface area contributed by atoms with Crippen LogP contribution in [-0.4, -0.2) is 19.1 Å². The molecule has 0 radical (unpaired) electrons. The van der Waals surface area contributed by atoms with E-state index >= 15 is 0 Å². The van der Waals surface area contributed by atoms with E-state index in [1.807, 2.05) is 54.6 Å². The van der Waals surface area contributed by atoms with E-state index in [1.165, 1.54) is 0 Å². The van der Waals surface area contributed by atoms with Gasteiger partial charge in [0, 0.05) is 12.1 Å². The first kappa shape index (κ1) is 17.9. The van der Waals surface area contributed by atoms with Crippen molar-refractivity contribution in [1.29, 1.82) is 0 Å². The quantitative estimate of drug-likeness (QED) is 0.645. The fraction of sp³-hybridized carbons (Fsp3) is 0.350. The Hall–Kier alpha value is -2.49. The summed E-state index contributed by atoms with van der Waals surface area (Å²) in [6.07, 6.45) is 3.27. The molecule has 2 aromatic carbocycles. The zero-order chi connectivity index (χ0) is 17.0. The van der Waals surface area contributed by atoms with Gasteiger partial charge in [0.15, 0.2) is 0 Å². The Kier molecular flexibility index (Phi) is 7.68. The molecule has 4 nitrogen and oxygen atoms in total. The van der Waals surface area contributed by atoms with Crippen LogP contribution in [0.1, 0.15) is 32.6 Å². The number of carbonyl (C=O) groups excluding carboxylic acids is 1. The van der Waals surface area contributed by atoms with Crippen molar-refractivity contribution in [2.45, 2.75) is 32.6 Å². The van der Waals surface area contributed by atoms with Crippen LogP contribution in [0.15, 0.2) is 54.6 Å². The molecule has 0 bridgehead atoms. The van der Waals surface area contributed by atoms with Gasteiger partial charge in [0.25, 0.3) is 0 Å². The minimum Gasteiger partial charge on any atom is -0.494 e. The molecule has 0 heterocycles. The minimum absolute atomic E-state index is 0.00804. The molecule has 0 spiro atoms. The van der Waals surface area contributed by atoms with Gasteiger partial charge in [-0.3, -0.25) is 4.79 Å². The van der Waals surface area contributed by atoms with Gasteiger partial charge < -0.3 is 14.8 Å². The molecule has 2 aromatic rings. The molecule has 0 saturated heterocycles. The molecule has 0 aliphatic carbocycles. The fourth-order valence-corrected chi connectivity index (χ4v) is 2.13. The smallest absolute Gasteiger partial charge is 0.224 e. The molecule has 24 heavy (non-hydrogen) atoms. The summed E-state index contributed by atoms with van der Waals surface area (Å²) < 4.78 is 11.2. The maximum atomic E-state index is 11.9. The van der Waals surface area contributed by atoms with Gasteiger partial charge in [-0.25, -0.2) is 0 Å². The highest BCUT2D eigenvalue weighted by molar-refractivity contribution is 5.90. The highest BCUT2D eigenvalue weighted by Gasteiger charge is 2.03. The zero-order valence-electron chi connectivity index (χ0n) is 14.2. The summed E-state index contributed by atoms with van der Waals surface area (Å²) in [6, 6.07) is 17.1. The lowest BCUT2D eigenvalue weighted by atomic mass is 10.2. The average molecular weight is 327 g/mol. The van der Waals surface area contributed by atoms with Crippen LogP contribution in [0.4, 0.5) is 5.69 Å². The number of ether oxygens (including phenoxy) is 2. The molecule has 0 aromatic heterocycles. The lowest BCUT2D eigenvalue weighted by molar-refractivity contribution is -0.116. The van der Waals surface area contributed by atoms with Gasteiger partial charge in [0.2, 0.25) is 5.91 Å². The summed E-state index contributed by atoms with van der Waals surface area (Å²) in [5.41, 5.74) is 0.784. The maximum Gasteiger partial charge on any atom is 0.224 e. The molecule has 0 atom stereocenters. The lowest BCUT2D eigenvalue weighted by Crippen LogP contribution is -2.12. The highest BCUT2D eigenvalue weighted by atomic mass is 16.5. The van der Waals surface area contributed by atoms with E-state index < -0.39 is 0 Å². The minimum atomic E-state index is -0.00804. The van der Waals surface area contributed by atoms with Crippen LogP contribution < -0.4 is 14.8 Å². The van der Waals surface area contributed by atoms with E-state index in [4.69, 9.17) is 9.47 Å². The Labute approximate surface area is 143 Å². The number of unbranched alkanes of at least 4 members (excludes halogenated alkanes) is 1. The van der Waals surface area contributed by atoms with Crippen LogP contribution >= 0.6 is 0 Å². The maximum absolute atomic E-state index is 11.9. The SMILES string of the molecule is CCCCOc1ccc(NC(=O)CCCOc2ccccc2)cc1. The molecule has 0 saturated carbocycles. The number of nitrogens with one attached hydrogen (secondary N) is 1. The second kappa shape index (κ2) is 10.3. The Morgan fingerprint density at radius 2 is 1.50 bits per heavy atom. The number of para-hydroxylation sites is 1. The van der Waals surface area contributed by atoms with E-state index in [-0.39, 0.29) is 5.91 Å². The third kappa shape index (κ3) is 6.73. The predicted octanol–water partition coefficient (Wildman–Crippen LogP) is 4.66. The third-order valence-electron chi connectivity index (χ3n) is 3.46. The van der Waals surface area contributed by atoms with Crippen molar-refractivity contribution in [3.8, 4) is 11.5 Å². The van der Waals surface area contributed by atoms with Crippen LogP contribution in [0.3, 0.4) is 0 Å². The molecule has 2 rings (SSSR count). The van der Waals surface area contributed by atoms with Crippen LogP contribution in [0, 0.1) is 0 Å². The summed E-state index contributed by atoms with van der Waals surface area (Å²) in [6.45, 7) is 3.39. The number of hydrogen-bond acceptors (Lipinski definition) is 3. The number of carbonyl (C=O) groups is 1. The largest absolute Gasteiger partial charge is 0.494 e. The number of amides is 1. The Morgan fingerprint density at radius 1 is 0.875 bits per heavy atom. The van der Waals surface area contributed by atoms with Crippen LogP contribution in [0.25, 0.3) is 0 Å². The van der Waals surface area contributed by atoms with E-state index in [0.29, 0.717) is 19.4 Å². The van der Waals surface area contributed by atoms with E-state index in [2.05, 4.69) is 12.2 Å². The summed E-state index contributed by atoms with van der Waals surface area (Å²) in [5.74, 6) is 1.65. The number of benzene rings is 2. The second-order valence-electron chi connectivity index (χ2n) is 5.54. The normalized spacial score (nSPS) is 10.2. The van der Waals surface area contributed by atoms with E-state index in [0.717, 1.165) is 36.6 Å². The monoisotopic (exact) mass is 327 g/mol. The van der Waals surface area contributed by atoms with Crippen molar-refractivity contribution in [2.24, 2.45) is 0 Å². The Balaban J connectivity index is 1.64. The van der Waals surface area contributed by atoms with Crippen molar-refractivity contribution < 1.29 is 14.3 Å². The zero-order valence-corrected chi connectivity index (χ0v) is 14.2. The van der Waals surface area contributed by atoms with Gasteiger partial charge in [0.05, 0.1) is 13.2 Å². The molecule has 0 aliphatic heterocycles. The van der Waals surface area contributed by atoms with Crippen molar-refractivity contribution in [1.82, 2.24) is 0 Å². The molecule has 1 N–H and O–H groups in total. The van der Waals surface area contributed by atoms with Crippen molar-refractivity contribution in [3.63, 3.8) is 0 Å². The second-order valence-corrected chi connectivity index (χ2v) is 5.54.